The molecule has 0 radical (unpaired) electrons. The number of esters is 1. The van der Waals surface area contributed by atoms with Gasteiger partial charge in [-0.15, -0.1) is 0 Å². The van der Waals surface area contributed by atoms with Crippen molar-refractivity contribution in [1.82, 2.24) is 4.90 Å². The summed E-state index contributed by atoms with van der Waals surface area (Å²) in [5.41, 5.74) is 8.51. The molecule has 126 valence electrons. The molecule has 2 aromatic carbocycles. The summed E-state index contributed by atoms with van der Waals surface area (Å²) >= 11 is 0. The van der Waals surface area contributed by atoms with Crippen LogP contribution in [0.1, 0.15) is 16.7 Å². The van der Waals surface area contributed by atoms with Crippen LogP contribution in [0.3, 0.4) is 0 Å². The fraction of sp³-hybridized carbons (Fsp3) is 0.263. The Balaban J connectivity index is 2.15. The molecule has 0 heterocycles. The lowest BCUT2D eigenvalue weighted by atomic mass is 10.0. The van der Waals surface area contributed by atoms with Crippen LogP contribution in [-0.2, 0) is 33.8 Å². The lowest BCUT2D eigenvalue weighted by Crippen LogP contribution is -2.36. The summed E-state index contributed by atoms with van der Waals surface area (Å²) in [7, 11) is 1.32. The van der Waals surface area contributed by atoms with Crippen molar-refractivity contribution in [2.45, 2.75) is 19.5 Å². The number of nitrogens with two attached hydrogens (primary N) is 1. The van der Waals surface area contributed by atoms with E-state index in [9.17, 15) is 9.59 Å². The number of benzene rings is 2. The molecule has 1 amide bonds. The molecule has 2 rings (SSSR count). The van der Waals surface area contributed by atoms with Gasteiger partial charge in [0, 0.05) is 13.1 Å². The third kappa shape index (κ3) is 4.93. The third-order valence-electron chi connectivity index (χ3n) is 3.80. The molecule has 0 spiro atoms. The fourth-order valence-corrected chi connectivity index (χ4v) is 2.46. The summed E-state index contributed by atoms with van der Waals surface area (Å²) in [4.78, 5) is 25.9. The number of carbonyl (C=O) groups is 2. The molecule has 0 saturated carbocycles. The van der Waals surface area contributed by atoms with Crippen LogP contribution in [0.4, 0.5) is 0 Å². The molecule has 0 aromatic heterocycles. The molecule has 2 aromatic rings. The number of carbonyl (C=O) groups excluding carboxylic acids is 2. The molecular weight excluding hydrogens is 304 g/mol. The van der Waals surface area contributed by atoms with Gasteiger partial charge in [0.05, 0.1) is 13.5 Å². The Bertz CT molecular complexity index is 686. The zero-order chi connectivity index (χ0) is 17.4. The van der Waals surface area contributed by atoms with Gasteiger partial charge in [-0.3, -0.25) is 9.59 Å². The minimum atomic E-state index is -0.439. The van der Waals surface area contributed by atoms with Crippen LogP contribution in [0.5, 0.6) is 0 Å². The minimum absolute atomic E-state index is 0.0744. The fourth-order valence-electron chi connectivity index (χ4n) is 2.46. The van der Waals surface area contributed by atoms with E-state index in [4.69, 9.17) is 10.5 Å². The second-order valence-corrected chi connectivity index (χ2v) is 5.46. The van der Waals surface area contributed by atoms with Crippen molar-refractivity contribution in [3.63, 3.8) is 0 Å². The normalized spacial score (nSPS) is 10.2. The Morgan fingerprint density at radius 3 is 2.25 bits per heavy atom. The van der Waals surface area contributed by atoms with Crippen LogP contribution < -0.4 is 5.73 Å². The summed E-state index contributed by atoms with van der Waals surface area (Å²) < 4.78 is 4.71. The van der Waals surface area contributed by atoms with Gasteiger partial charge < -0.3 is 15.4 Å². The highest BCUT2D eigenvalue weighted by Gasteiger charge is 2.19. The van der Waals surface area contributed by atoms with Gasteiger partial charge in [-0.05, 0) is 16.7 Å². The number of hydrogen-bond acceptors (Lipinski definition) is 4. The standard InChI is InChI=1S/C19H22N2O3/c1-24-19(23)14-21(13-15-7-3-2-4-8-15)18(22)11-16-9-5-6-10-17(16)12-20/h2-10H,11-14,20H2,1H3. The first-order valence-corrected chi connectivity index (χ1v) is 7.79. The van der Waals surface area contributed by atoms with E-state index in [1.165, 1.54) is 12.0 Å². The number of rotatable bonds is 7. The summed E-state index contributed by atoms with van der Waals surface area (Å²) in [6.07, 6.45) is 0.206. The van der Waals surface area contributed by atoms with E-state index < -0.39 is 5.97 Å². The molecule has 5 heteroatoms. The van der Waals surface area contributed by atoms with Gasteiger partial charge in [0.2, 0.25) is 5.91 Å². The zero-order valence-corrected chi connectivity index (χ0v) is 13.8. The molecule has 0 unspecified atom stereocenters. The van der Waals surface area contributed by atoms with Crippen molar-refractivity contribution < 1.29 is 14.3 Å². The van der Waals surface area contributed by atoms with Gasteiger partial charge >= 0.3 is 5.97 Å². The molecule has 0 aliphatic rings. The molecule has 0 bridgehead atoms. The van der Waals surface area contributed by atoms with Crippen molar-refractivity contribution in [3.8, 4) is 0 Å². The first-order valence-electron chi connectivity index (χ1n) is 7.79. The maximum absolute atomic E-state index is 12.7. The molecule has 0 aliphatic heterocycles. The maximum Gasteiger partial charge on any atom is 0.325 e. The largest absolute Gasteiger partial charge is 0.468 e. The number of methoxy groups -OCH3 is 1. The van der Waals surface area contributed by atoms with Crippen molar-refractivity contribution in [1.29, 1.82) is 0 Å². The van der Waals surface area contributed by atoms with E-state index in [-0.39, 0.29) is 18.9 Å². The highest BCUT2D eigenvalue weighted by molar-refractivity contribution is 5.83. The SMILES string of the molecule is COC(=O)CN(Cc1ccccc1)C(=O)Cc1ccccc1CN. The highest BCUT2D eigenvalue weighted by Crippen LogP contribution is 2.12. The topological polar surface area (TPSA) is 72.6 Å². The molecule has 24 heavy (non-hydrogen) atoms. The molecule has 0 aliphatic carbocycles. The van der Waals surface area contributed by atoms with Crippen LogP contribution in [-0.4, -0.2) is 30.4 Å². The van der Waals surface area contributed by atoms with E-state index in [1.807, 2.05) is 54.6 Å². The molecule has 0 saturated heterocycles. The Morgan fingerprint density at radius 2 is 1.62 bits per heavy atom. The van der Waals surface area contributed by atoms with Crippen LogP contribution in [0.2, 0.25) is 0 Å². The van der Waals surface area contributed by atoms with Gasteiger partial charge in [0.15, 0.2) is 0 Å². The van der Waals surface area contributed by atoms with Gasteiger partial charge in [-0.2, -0.15) is 0 Å². The second kappa shape index (κ2) is 8.84. The molecule has 0 atom stereocenters. The first kappa shape index (κ1) is 17.7. The van der Waals surface area contributed by atoms with Crippen LogP contribution in [0.15, 0.2) is 54.6 Å². The molecule has 2 N–H and O–H groups in total. The lowest BCUT2D eigenvalue weighted by Gasteiger charge is -2.22. The van der Waals surface area contributed by atoms with Crippen LogP contribution >= 0.6 is 0 Å². The highest BCUT2D eigenvalue weighted by atomic mass is 16.5. The Hall–Kier alpha value is -2.66. The van der Waals surface area contributed by atoms with Crippen LogP contribution in [0.25, 0.3) is 0 Å². The second-order valence-electron chi connectivity index (χ2n) is 5.46. The quantitative estimate of drug-likeness (QED) is 0.789. The number of amides is 1. The third-order valence-corrected chi connectivity index (χ3v) is 3.80. The van der Waals surface area contributed by atoms with E-state index in [0.717, 1.165) is 16.7 Å². The summed E-state index contributed by atoms with van der Waals surface area (Å²) in [6, 6.07) is 17.1. The smallest absolute Gasteiger partial charge is 0.325 e. The Morgan fingerprint density at radius 1 is 1.00 bits per heavy atom. The zero-order valence-electron chi connectivity index (χ0n) is 13.8. The summed E-state index contributed by atoms with van der Waals surface area (Å²) in [5.74, 6) is -0.573. The number of hydrogen-bond donors (Lipinski definition) is 1. The van der Waals surface area contributed by atoms with Gasteiger partial charge in [0.1, 0.15) is 6.54 Å². The molecule has 5 nitrogen and oxygen atoms in total. The predicted octanol–water partition coefficient (Wildman–Crippen LogP) is 1.89. The van der Waals surface area contributed by atoms with Gasteiger partial charge in [-0.25, -0.2) is 0 Å². The van der Waals surface area contributed by atoms with Gasteiger partial charge in [0.25, 0.3) is 0 Å². The molecule has 0 fully saturated rings. The van der Waals surface area contributed by atoms with Crippen molar-refractivity contribution in [2.24, 2.45) is 5.73 Å². The van der Waals surface area contributed by atoms with Crippen molar-refractivity contribution >= 4 is 11.9 Å². The lowest BCUT2D eigenvalue weighted by molar-refractivity contribution is -0.147. The number of ether oxygens (including phenoxy) is 1. The Labute approximate surface area is 142 Å². The number of nitrogens with zero attached hydrogens (tertiary/aromatic N) is 1. The summed E-state index contributed by atoms with van der Waals surface area (Å²) in [5, 5.41) is 0. The summed E-state index contributed by atoms with van der Waals surface area (Å²) in [6.45, 7) is 0.660. The van der Waals surface area contributed by atoms with E-state index in [2.05, 4.69) is 0 Å². The van der Waals surface area contributed by atoms with Crippen LogP contribution in [0, 0.1) is 0 Å². The monoisotopic (exact) mass is 326 g/mol. The average Bonchev–Trinajstić information content (AvgIpc) is 2.62. The Kier molecular flexibility index (Phi) is 6.51. The van der Waals surface area contributed by atoms with E-state index in [1.54, 1.807) is 0 Å². The minimum Gasteiger partial charge on any atom is -0.468 e. The van der Waals surface area contributed by atoms with E-state index in [0.29, 0.717) is 13.1 Å². The van der Waals surface area contributed by atoms with Crippen molar-refractivity contribution in [2.75, 3.05) is 13.7 Å². The maximum atomic E-state index is 12.7. The van der Waals surface area contributed by atoms with Gasteiger partial charge in [-0.1, -0.05) is 54.6 Å². The predicted molar refractivity (Wildman–Crippen MR) is 91.9 cm³/mol. The van der Waals surface area contributed by atoms with Crippen molar-refractivity contribution in [3.05, 3.63) is 71.3 Å². The average molecular weight is 326 g/mol. The first-order chi connectivity index (χ1) is 11.6. The molecular formula is C19H22N2O3. The van der Waals surface area contributed by atoms with E-state index >= 15 is 0 Å².